The topological polar surface area (TPSA) is 26.7 Å². The van der Waals surface area contributed by atoms with Crippen LogP contribution in [0.5, 0.6) is 0 Å². The number of hydrogen-bond acceptors (Lipinski definition) is 4. The van der Waals surface area contributed by atoms with Crippen LogP contribution in [0.4, 0.5) is 0 Å². The zero-order valence-corrected chi connectivity index (χ0v) is 9.91. The number of thiophene rings is 1. The average Bonchev–Trinajstić information content (AvgIpc) is 2.75. The molecular formula is C11H18N2OS. The van der Waals surface area contributed by atoms with Crippen LogP contribution >= 0.6 is 11.3 Å². The quantitative estimate of drug-likeness (QED) is 0.834. The van der Waals surface area contributed by atoms with Crippen LogP contribution in [-0.4, -0.2) is 54.7 Å². The monoisotopic (exact) mass is 226 g/mol. The van der Waals surface area contributed by atoms with E-state index in [-0.39, 0.29) is 12.6 Å². The molecule has 1 aromatic rings. The Morgan fingerprint density at radius 2 is 2.13 bits per heavy atom. The highest BCUT2D eigenvalue weighted by molar-refractivity contribution is 7.10. The maximum atomic E-state index is 9.47. The molecule has 84 valence electrons. The number of nitrogens with zero attached hydrogens (tertiary/aromatic N) is 2. The minimum Gasteiger partial charge on any atom is -0.394 e. The molecule has 1 aliphatic heterocycles. The van der Waals surface area contributed by atoms with E-state index in [4.69, 9.17) is 0 Å². The van der Waals surface area contributed by atoms with E-state index in [1.807, 2.05) is 0 Å². The molecular weight excluding hydrogens is 208 g/mol. The van der Waals surface area contributed by atoms with Gasteiger partial charge >= 0.3 is 0 Å². The Kier molecular flexibility index (Phi) is 3.75. The van der Waals surface area contributed by atoms with Crippen LogP contribution in [0.15, 0.2) is 17.5 Å². The van der Waals surface area contributed by atoms with Gasteiger partial charge in [0, 0.05) is 31.1 Å². The molecule has 0 radical (unpaired) electrons. The highest BCUT2D eigenvalue weighted by Crippen LogP contribution is 2.25. The van der Waals surface area contributed by atoms with Gasteiger partial charge in [-0.05, 0) is 18.5 Å². The van der Waals surface area contributed by atoms with Crippen molar-refractivity contribution < 1.29 is 5.11 Å². The van der Waals surface area contributed by atoms with E-state index in [0.29, 0.717) is 0 Å². The summed E-state index contributed by atoms with van der Waals surface area (Å²) in [6.45, 7) is 4.53. The minimum atomic E-state index is 0.207. The highest BCUT2D eigenvalue weighted by Gasteiger charge is 2.23. The molecule has 1 unspecified atom stereocenters. The SMILES string of the molecule is CN1CCN(C(CO)c2cccs2)CC1. The zero-order valence-electron chi connectivity index (χ0n) is 9.09. The second-order valence-electron chi connectivity index (χ2n) is 4.05. The molecule has 1 aliphatic rings. The first-order chi connectivity index (χ1) is 7.31. The smallest absolute Gasteiger partial charge is 0.0675 e. The van der Waals surface area contributed by atoms with Crippen LogP contribution in [0.3, 0.4) is 0 Å². The lowest BCUT2D eigenvalue weighted by Crippen LogP contribution is -2.46. The third kappa shape index (κ3) is 2.58. The Balaban J connectivity index is 2.01. The second kappa shape index (κ2) is 5.07. The lowest BCUT2D eigenvalue weighted by atomic mass is 10.2. The van der Waals surface area contributed by atoms with E-state index in [1.54, 1.807) is 11.3 Å². The van der Waals surface area contributed by atoms with Crippen LogP contribution in [0.1, 0.15) is 10.9 Å². The van der Waals surface area contributed by atoms with Crippen LogP contribution in [0.25, 0.3) is 0 Å². The van der Waals surface area contributed by atoms with Crippen molar-refractivity contribution >= 4 is 11.3 Å². The highest BCUT2D eigenvalue weighted by atomic mass is 32.1. The number of likely N-dealkylation sites (N-methyl/N-ethyl adjacent to an activating group) is 1. The van der Waals surface area contributed by atoms with Gasteiger partial charge in [0.2, 0.25) is 0 Å². The third-order valence-corrected chi connectivity index (χ3v) is 4.00. The van der Waals surface area contributed by atoms with E-state index < -0.39 is 0 Å². The lowest BCUT2D eigenvalue weighted by molar-refractivity contribution is 0.0765. The molecule has 2 heterocycles. The molecule has 2 rings (SSSR count). The molecule has 4 heteroatoms. The van der Waals surface area contributed by atoms with E-state index in [2.05, 4.69) is 34.4 Å². The molecule has 3 nitrogen and oxygen atoms in total. The molecule has 1 fully saturated rings. The van der Waals surface area contributed by atoms with Crippen LogP contribution in [0, 0.1) is 0 Å². The maximum absolute atomic E-state index is 9.47. The summed E-state index contributed by atoms with van der Waals surface area (Å²) in [5.41, 5.74) is 0. The van der Waals surface area contributed by atoms with Crippen LogP contribution in [0.2, 0.25) is 0 Å². The number of piperazine rings is 1. The summed E-state index contributed by atoms with van der Waals surface area (Å²) in [7, 11) is 2.15. The summed E-state index contributed by atoms with van der Waals surface area (Å²) in [4.78, 5) is 5.99. The molecule has 0 aromatic carbocycles. The third-order valence-electron chi connectivity index (χ3n) is 3.02. The maximum Gasteiger partial charge on any atom is 0.0675 e. The van der Waals surface area contributed by atoms with Crippen LogP contribution < -0.4 is 0 Å². The second-order valence-corrected chi connectivity index (χ2v) is 5.03. The van der Waals surface area contributed by atoms with Crippen molar-refractivity contribution in [2.75, 3.05) is 39.8 Å². The summed E-state index contributed by atoms with van der Waals surface area (Å²) in [6.07, 6.45) is 0. The summed E-state index contributed by atoms with van der Waals surface area (Å²) in [6, 6.07) is 4.38. The molecule has 1 atom stereocenters. The number of hydrogen-bond donors (Lipinski definition) is 1. The van der Waals surface area contributed by atoms with Gasteiger partial charge in [0.25, 0.3) is 0 Å². The van der Waals surface area contributed by atoms with Crippen molar-refractivity contribution in [3.05, 3.63) is 22.4 Å². The Labute approximate surface area is 94.9 Å². The molecule has 1 N–H and O–H groups in total. The van der Waals surface area contributed by atoms with E-state index in [9.17, 15) is 5.11 Å². The molecule has 0 saturated carbocycles. The van der Waals surface area contributed by atoms with Crippen molar-refractivity contribution in [3.8, 4) is 0 Å². The van der Waals surface area contributed by atoms with Gasteiger partial charge in [0.1, 0.15) is 0 Å². The van der Waals surface area contributed by atoms with E-state index in [1.165, 1.54) is 4.88 Å². The number of rotatable bonds is 3. The van der Waals surface area contributed by atoms with Gasteiger partial charge < -0.3 is 10.0 Å². The Bertz CT molecular complexity index is 281. The summed E-state index contributed by atoms with van der Waals surface area (Å²) in [5.74, 6) is 0. The Hall–Kier alpha value is -0.420. The molecule has 0 bridgehead atoms. The normalized spacial score (nSPS) is 21.7. The molecule has 1 aromatic heterocycles. The van der Waals surface area contributed by atoms with Crippen molar-refractivity contribution in [2.45, 2.75) is 6.04 Å². The molecule has 0 aliphatic carbocycles. The fraction of sp³-hybridized carbons (Fsp3) is 0.636. The van der Waals surface area contributed by atoms with Crippen molar-refractivity contribution in [1.29, 1.82) is 0 Å². The van der Waals surface area contributed by atoms with Gasteiger partial charge in [-0.3, -0.25) is 4.90 Å². The fourth-order valence-electron chi connectivity index (χ4n) is 2.00. The standard InChI is InChI=1S/C11H18N2OS/c1-12-4-6-13(7-5-12)10(9-14)11-3-2-8-15-11/h2-3,8,10,14H,4-7,9H2,1H3. The van der Waals surface area contributed by atoms with Gasteiger partial charge in [0.05, 0.1) is 12.6 Å². The first-order valence-corrected chi connectivity index (χ1v) is 6.26. The fourth-order valence-corrected chi connectivity index (χ4v) is 2.85. The summed E-state index contributed by atoms with van der Waals surface area (Å²) in [5, 5.41) is 11.5. The summed E-state index contributed by atoms with van der Waals surface area (Å²) >= 11 is 1.73. The van der Waals surface area contributed by atoms with Crippen molar-refractivity contribution in [3.63, 3.8) is 0 Å². The molecule has 0 spiro atoms. The van der Waals surface area contributed by atoms with Gasteiger partial charge in [-0.25, -0.2) is 0 Å². The van der Waals surface area contributed by atoms with Gasteiger partial charge in [-0.1, -0.05) is 6.07 Å². The Morgan fingerprint density at radius 3 is 2.67 bits per heavy atom. The summed E-state index contributed by atoms with van der Waals surface area (Å²) < 4.78 is 0. The van der Waals surface area contributed by atoms with Gasteiger partial charge in [-0.15, -0.1) is 11.3 Å². The average molecular weight is 226 g/mol. The zero-order chi connectivity index (χ0) is 10.7. The molecule has 1 saturated heterocycles. The van der Waals surface area contributed by atoms with Crippen molar-refractivity contribution in [1.82, 2.24) is 9.80 Å². The van der Waals surface area contributed by atoms with E-state index in [0.717, 1.165) is 26.2 Å². The van der Waals surface area contributed by atoms with E-state index >= 15 is 0 Å². The molecule has 15 heavy (non-hydrogen) atoms. The predicted molar refractivity (Wildman–Crippen MR) is 63.2 cm³/mol. The predicted octanol–water partition coefficient (Wildman–Crippen LogP) is 1.03. The van der Waals surface area contributed by atoms with Crippen LogP contribution in [-0.2, 0) is 0 Å². The van der Waals surface area contributed by atoms with Crippen molar-refractivity contribution in [2.24, 2.45) is 0 Å². The first kappa shape index (κ1) is 11.1. The molecule has 0 amide bonds. The number of aliphatic hydroxyl groups excluding tert-OH is 1. The first-order valence-electron chi connectivity index (χ1n) is 5.38. The lowest BCUT2D eigenvalue weighted by Gasteiger charge is -2.36. The minimum absolute atomic E-state index is 0.207. The number of aliphatic hydroxyl groups is 1. The van der Waals surface area contributed by atoms with Gasteiger partial charge in [-0.2, -0.15) is 0 Å². The Morgan fingerprint density at radius 1 is 1.40 bits per heavy atom. The van der Waals surface area contributed by atoms with Gasteiger partial charge in [0.15, 0.2) is 0 Å². The largest absolute Gasteiger partial charge is 0.394 e.